The molecule has 1 rings (SSSR count). The van der Waals surface area contributed by atoms with Gasteiger partial charge in [-0.1, -0.05) is 13.3 Å². The van der Waals surface area contributed by atoms with E-state index in [1.165, 1.54) is 0 Å². The van der Waals surface area contributed by atoms with E-state index < -0.39 is 14.8 Å². The van der Waals surface area contributed by atoms with Gasteiger partial charge in [0.1, 0.15) is 0 Å². The van der Waals surface area contributed by atoms with Crippen molar-refractivity contribution in [2.24, 2.45) is 11.7 Å². The molecule has 102 valence electrons. The van der Waals surface area contributed by atoms with Crippen molar-refractivity contribution in [2.75, 3.05) is 13.1 Å². The summed E-state index contributed by atoms with van der Waals surface area (Å²) in [6, 6.07) is 0.106. The molecule has 2 atom stereocenters. The van der Waals surface area contributed by atoms with Crippen LogP contribution in [0.1, 0.15) is 47.0 Å². The highest BCUT2D eigenvalue weighted by atomic mass is 32.2. The van der Waals surface area contributed by atoms with E-state index in [-0.39, 0.29) is 6.04 Å². The van der Waals surface area contributed by atoms with Crippen LogP contribution < -0.4 is 5.73 Å². The number of sulfonamides is 1. The molecule has 1 aliphatic rings. The number of hydrogen-bond donors (Lipinski definition) is 1. The Kier molecular flexibility index (Phi) is 4.60. The molecule has 5 heteroatoms. The summed E-state index contributed by atoms with van der Waals surface area (Å²) >= 11 is 0. The van der Waals surface area contributed by atoms with Gasteiger partial charge < -0.3 is 5.73 Å². The fraction of sp³-hybridized carbons (Fsp3) is 1.00. The first kappa shape index (κ1) is 14.9. The normalized spacial score (nSPS) is 26.7. The number of rotatable bonds is 4. The quantitative estimate of drug-likeness (QED) is 0.836. The van der Waals surface area contributed by atoms with Crippen LogP contribution in [0.2, 0.25) is 0 Å². The number of nitrogens with zero attached hydrogens (tertiary/aromatic N) is 1. The van der Waals surface area contributed by atoms with E-state index in [9.17, 15) is 8.42 Å². The predicted octanol–water partition coefficient (Wildman–Crippen LogP) is 1.56. The van der Waals surface area contributed by atoms with Crippen molar-refractivity contribution in [1.29, 1.82) is 0 Å². The van der Waals surface area contributed by atoms with Crippen LogP contribution in [-0.2, 0) is 10.0 Å². The van der Waals surface area contributed by atoms with Gasteiger partial charge >= 0.3 is 0 Å². The summed E-state index contributed by atoms with van der Waals surface area (Å²) < 4.78 is 26.0. The van der Waals surface area contributed by atoms with Crippen molar-refractivity contribution < 1.29 is 8.42 Å². The third kappa shape index (κ3) is 2.83. The van der Waals surface area contributed by atoms with Gasteiger partial charge in [-0.25, -0.2) is 8.42 Å². The molecule has 0 radical (unpaired) electrons. The Bertz CT molecular complexity index is 346. The van der Waals surface area contributed by atoms with Crippen LogP contribution in [0, 0.1) is 5.92 Å². The predicted molar refractivity (Wildman–Crippen MR) is 71.2 cm³/mol. The van der Waals surface area contributed by atoms with Crippen molar-refractivity contribution in [3.8, 4) is 0 Å². The summed E-state index contributed by atoms with van der Waals surface area (Å²) in [6.45, 7) is 8.32. The van der Waals surface area contributed by atoms with Crippen molar-refractivity contribution in [3.63, 3.8) is 0 Å². The molecular formula is C12H26N2O2S. The largest absolute Gasteiger partial charge is 0.330 e. The molecule has 1 aliphatic carbocycles. The minimum atomic E-state index is -3.24. The zero-order valence-electron chi connectivity index (χ0n) is 11.4. The second-order valence-electron chi connectivity index (χ2n) is 5.81. The van der Waals surface area contributed by atoms with E-state index in [1.807, 2.05) is 6.92 Å². The molecule has 2 N–H and O–H groups in total. The molecule has 0 saturated heterocycles. The Hall–Kier alpha value is -0.130. The summed E-state index contributed by atoms with van der Waals surface area (Å²) in [6.07, 6.45) is 3.09. The maximum atomic E-state index is 12.5. The zero-order valence-corrected chi connectivity index (χ0v) is 12.3. The SMILES string of the molecule is CCN(C1CCCC1CN)S(=O)(=O)C(C)(C)C. The van der Waals surface area contributed by atoms with Gasteiger partial charge in [-0.05, 0) is 46.1 Å². The molecule has 0 bridgehead atoms. The molecule has 0 aromatic rings. The zero-order chi connectivity index (χ0) is 13.3. The van der Waals surface area contributed by atoms with E-state index >= 15 is 0 Å². The van der Waals surface area contributed by atoms with Gasteiger partial charge in [-0.2, -0.15) is 4.31 Å². The molecule has 0 heterocycles. The van der Waals surface area contributed by atoms with Crippen molar-refractivity contribution in [1.82, 2.24) is 4.31 Å². The fourth-order valence-electron chi connectivity index (χ4n) is 2.61. The van der Waals surface area contributed by atoms with Crippen LogP contribution in [0.4, 0.5) is 0 Å². The highest BCUT2D eigenvalue weighted by molar-refractivity contribution is 7.90. The van der Waals surface area contributed by atoms with Crippen LogP contribution in [0.25, 0.3) is 0 Å². The van der Waals surface area contributed by atoms with Gasteiger partial charge in [-0.3, -0.25) is 0 Å². The van der Waals surface area contributed by atoms with Crippen molar-refractivity contribution in [3.05, 3.63) is 0 Å². The first-order chi connectivity index (χ1) is 7.75. The molecule has 0 amide bonds. The standard InChI is InChI=1S/C12H26N2O2S/c1-5-14(17(15,16)12(2,3)4)11-8-6-7-10(11)9-13/h10-11H,5-9,13H2,1-4H3. The van der Waals surface area contributed by atoms with Crippen LogP contribution in [0.3, 0.4) is 0 Å². The van der Waals surface area contributed by atoms with E-state index in [2.05, 4.69) is 0 Å². The second kappa shape index (κ2) is 5.24. The lowest BCUT2D eigenvalue weighted by Crippen LogP contribution is -2.50. The lowest BCUT2D eigenvalue weighted by Gasteiger charge is -2.35. The Morgan fingerprint density at radius 2 is 1.88 bits per heavy atom. The molecule has 17 heavy (non-hydrogen) atoms. The fourth-order valence-corrected chi connectivity index (χ4v) is 4.28. The third-order valence-corrected chi connectivity index (χ3v) is 6.38. The monoisotopic (exact) mass is 262 g/mol. The molecule has 0 spiro atoms. The average Bonchev–Trinajstić information content (AvgIpc) is 2.64. The van der Waals surface area contributed by atoms with Gasteiger partial charge in [0.25, 0.3) is 0 Å². The first-order valence-corrected chi connectivity index (χ1v) is 7.91. The van der Waals surface area contributed by atoms with Crippen molar-refractivity contribution in [2.45, 2.75) is 57.7 Å². The number of hydrogen-bond acceptors (Lipinski definition) is 3. The Morgan fingerprint density at radius 3 is 2.29 bits per heavy atom. The third-order valence-electron chi connectivity index (χ3n) is 3.69. The summed E-state index contributed by atoms with van der Waals surface area (Å²) in [7, 11) is -3.24. The molecule has 0 aromatic heterocycles. The summed E-state index contributed by atoms with van der Waals surface area (Å²) in [5.41, 5.74) is 5.75. The van der Waals surface area contributed by atoms with Crippen LogP contribution in [0.15, 0.2) is 0 Å². The molecule has 1 fully saturated rings. The molecule has 4 nitrogen and oxygen atoms in total. The molecule has 2 unspecified atom stereocenters. The van der Waals surface area contributed by atoms with E-state index in [1.54, 1.807) is 25.1 Å². The number of nitrogens with two attached hydrogens (primary N) is 1. The molecular weight excluding hydrogens is 236 g/mol. The van der Waals surface area contributed by atoms with Gasteiger partial charge in [0.05, 0.1) is 4.75 Å². The molecule has 1 saturated carbocycles. The molecule has 0 aromatic carbocycles. The van der Waals surface area contributed by atoms with Crippen LogP contribution >= 0.6 is 0 Å². The van der Waals surface area contributed by atoms with E-state index in [4.69, 9.17) is 5.73 Å². The maximum absolute atomic E-state index is 12.5. The summed E-state index contributed by atoms with van der Waals surface area (Å²) in [4.78, 5) is 0. The van der Waals surface area contributed by atoms with E-state index in [0.717, 1.165) is 19.3 Å². The van der Waals surface area contributed by atoms with Gasteiger partial charge in [-0.15, -0.1) is 0 Å². The van der Waals surface area contributed by atoms with Gasteiger partial charge in [0.15, 0.2) is 0 Å². The highest BCUT2D eigenvalue weighted by Gasteiger charge is 2.42. The first-order valence-electron chi connectivity index (χ1n) is 6.47. The van der Waals surface area contributed by atoms with Crippen LogP contribution in [0.5, 0.6) is 0 Å². The minimum absolute atomic E-state index is 0.106. The molecule has 0 aliphatic heterocycles. The van der Waals surface area contributed by atoms with Gasteiger partial charge in [0.2, 0.25) is 10.0 Å². The van der Waals surface area contributed by atoms with E-state index in [0.29, 0.717) is 19.0 Å². The maximum Gasteiger partial charge on any atom is 0.219 e. The van der Waals surface area contributed by atoms with Crippen LogP contribution in [-0.4, -0.2) is 36.6 Å². The minimum Gasteiger partial charge on any atom is -0.330 e. The smallest absolute Gasteiger partial charge is 0.219 e. The lowest BCUT2D eigenvalue weighted by molar-refractivity contribution is 0.270. The van der Waals surface area contributed by atoms with Gasteiger partial charge in [0, 0.05) is 12.6 Å². The Labute approximate surface area is 106 Å². The summed E-state index contributed by atoms with van der Waals surface area (Å²) in [5, 5.41) is 0. The lowest BCUT2D eigenvalue weighted by atomic mass is 10.0. The summed E-state index contributed by atoms with van der Waals surface area (Å²) in [5.74, 6) is 0.326. The van der Waals surface area contributed by atoms with Crippen molar-refractivity contribution >= 4 is 10.0 Å². The topological polar surface area (TPSA) is 63.4 Å². The Balaban J connectivity index is 3.00. The second-order valence-corrected chi connectivity index (χ2v) is 8.46. The Morgan fingerprint density at radius 1 is 1.29 bits per heavy atom. The average molecular weight is 262 g/mol. The highest BCUT2D eigenvalue weighted by Crippen LogP contribution is 2.33.